The summed E-state index contributed by atoms with van der Waals surface area (Å²) in [7, 11) is 3.05. The van der Waals surface area contributed by atoms with Gasteiger partial charge in [0.05, 0.1) is 5.00 Å². The van der Waals surface area contributed by atoms with Gasteiger partial charge in [0.15, 0.2) is 10.1 Å². The zero-order valence-corrected chi connectivity index (χ0v) is 21.1. The van der Waals surface area contributed by atoms with Crippen LogP contribution in [0.25, 0.3) is 0 Å². The van der Waals surface area contributed by atoms with E-state index in [1.165, 1.54) is 58.2 Å². The van der Waals surface area contributed by atoms with Crippen molar-refractivity contribution in [3.05, 3.63) is 28.3 Å². The predicted molar refractivity (Wildman–Crippen MR) is 132 cm³/mol. The number of carbonyl (C=O) groups is 3. The maximum absolute atomic E-state index is 12.9. The Balaban J connectivity index is 1.48. The van der Waals surface area contributed by atoms with Gasteiger partial charge < -0.3 is 26.3 Å². The first-order valence-electron chi connectivity index (χ1n) is 9.64. The summed E-state index contributed by atoms with van der Waals surface area (Å²) in [5, 5.41) is 29.4. The van der Waals surface area contributed by atoms with Crippen LogP contribution < -0.4 is 16.4 Å². The lowest BCUT2D eigenvalue weighted by atomic mass is 10.0. The molecule has 2 unspecified atom stereocenters. The monoisotopic (exact) mass is 541 g/mol. The average molecular weight is 542 g/mol. The number of fused-ring (bicyclic) bond motifs is 1. The van der Waals surface area contributed by atoms with Crippen LogP contribution in [0, 0.1) is 0 Å². The molecule has 0 radical (unpaired) electrons. The Morgan fingerprint density at radius 1 is 1.44 bits per heavy atom. The minimum Gasteiger partial charge on any atom is -0.477 e. The third-order valence-corrected chi connectivity index (χ3v) is 9.08. The molecule has 2 aliphatic heterocycles. The number of carbonyl (C=O) groups excluding carboxylic acids is 2. The number of thiophene rings is 1. The SMILES string of the molecule is CNc1nnc(SCC2=C(C(=O)O)N3C(=O)C(NC(=O)C(=NOC)c4csc(N)c4)C3SC2)s1. The van der Waals surface area contributed by atoms with Crippen LogP contribution in [0.3, 0.4) is 0 Å². The lowest BCUT2D eigenvalue weighted by Crippen LogP contribution is -2.71. The Morgan fingerprint density at radius 3 is 2.85 bits per heavy atom. The second-order valence-electron chi connectivity index (χ2n) is 6.89. The molecule has 0 aromatic carbocycles. The first kappa shape index (κ1) is 24.3. The number of nitrogens with one attached hydrogen (secondary N) is 2. The van der Waals surface area contributed by atoms with Crippen LogP contribution >= 0.6 is 46.2 Å². The standard InChI is InChI=1S/C18H19N7O5S4/c1-20-17-22-23-18(34-17)33-6-8-5-32-15-11(14(27)25(15)12(8)16(28)29)21-13(26)10(24-30-2)7-3-9(19)31-4-7/h3-4,11,15H,5-6,19H2,1-2H3,(H,20,22)(H,21,26)(H,28,29). The number of anilines is 2. The van der Waals surface area contributed by atoms with Crippen molar-refractivity contribution in [3.63, 3.8) is 0 Å². The molecule has 2 aliphatic rings. The maximum Gasteiger partial charge on any atom is 0.352 e. The van der Waals surface area contributed by atoms with Crippen molar-refractivity contribution >= 4 is 79.8 Å². The Kier molecular flexibility index (Phi) is 7.30. The number of carboxylic acids is 1. The molecule has 5 N–H and O–H groups in total. The van der Waals surface area contributed by atoms with E-state index < -0.39 is 29.2 Å². The Bertz CT molecular complexity index is 1190. The number of nitrogen functional groups attached to an aromatic ring is 1. The predicted octanol–water partition coefficient (Wildman–Crippen LogP) is 1.10. The van der Waals surface area contributed by atoms with Crippen LogP contribution in [0.15, 0.2) is 32.2 Å². The van der Waals surface area contributed by atoms with E-state index in [0.29, 0.717) is 37.1 Å². The second kappa shape index (κ2) is 10.2. The number of aromatic nitrogens is 2. The van der Waals surface area contributed by atoms with Gasteiger partial charge in [-0.2, -0.15) is 0 Å². The number of aliphatic carboxylic acids is 1. The Labute approximate surface area is 210 Å². The smallest absolute Gasteiger partial charge is 0.352 e. The molecule has 2 atom stereocenters. The highest BCUT2D eigenvalue weighted by Crippen LogP contribution is 2.42. The van der Waals surface area contributed by atoms with Crippen molar-refractivity contribution in [1.29, 1.82) is 0 Å². The summed E-state index contributed by atoms with van der Waals surface area (Å²) in [6.45, 7) is 0. The second-order valence-corrected chi connectivity index (χ2v) is 11.1. The van der Waals surface area contributed by atoms with Crippen molar-refractivity contribution in [1.82, 2.24) is 20.4 Å². The first-order valence-corrected chi connectivity index (χ1v) is 13.4. The fraction of sp³-hybridized carbons (Fsp3) is 0.333. The number of nitrogens with zero attached hydrogens (tertiary/aromatic N) is 4. The molecule has 2 aromatic heterocycles. The van der Waals surface area contributed by atoms with E-state index in [1.54, 1.807) is 18.5 Å². The van der Waals surface area contributed by atoms with Crippen LogP contribution in [0.2, 0.25) is 0 Å². The zero-order valence-electron chi connectivity index (χ0n) is 17.8. The number of amides is 2. The molecule has 4 rings (SSSR count). The summed E-state index contributed by atoms with van der Waals surface area (Å²) in [5.74, 6) is -1.56. The number of rotatable bonds is 9. The van der Waals surface area contributed by atoms with Crippen LogP contribution in [-0.2, 0) is 19.2 Å². The van der Waals surface area contributed by atoms with E-state index in [0.717, 1.165) is 0 Å². The number of thioether (sulfide) groups is 2. The van der Waals surface area contributed by atoms with Crippen molar-refractivity contribution in [2.24, 2.45) is 5.16 Å². The summed E-state index contributed by atoms with van der Waals surface area (Å²) in [6, 6.07) is 0.694. The van der Waals surface area contributed by atoms with Gasteiger partial charge >= 0.3 is 5.97 Å². The first-order chi connectivity index (χ1) is 16.3. The summed E-state index contributed by atoms with van der Waals surface area (Å²) in [6.07, 6.45) is 0. The fourth-order valence-electron chi connectivity index (χ4n) is 3.32. The van der Waals surface area contributed by atoms with Crippen molar-refractivity contribution in [3.8, 4) is 0 Å². The highest BCUT2D eigenvalue weighted by molar-refractivity contribution is 8.01. The molecule has 0 spiro atoms. The number of hydrogen-bond acceptors (Lipinski definition) is 13. The number of carboxylic acid groups (broad SMARTS) is 1. The van der Waals surface area contributed by atoms with Gasteiger partial charge in [0.2, 0.25) is 5.13 Å². The van der Waals surface area contributed by atoms with Gasteiger partial charge in [-0.15, -0.1) is 33.3 Å². The van der Waals surface area contributed by atoms with Crippen LogP contribution in [0.1, 0.15) is 5.56 Å². The Hall–Kier alpha value is -2.82. The van der Waals surface area contributed by atoms with Gasteiger partial charge in [0, 0.05) is 29.5 Å². The molecule has 4 heterocycles. The molecule has 1 saturated heterocycles. The number of nitrogens with two attached hydrogens (primary N) is 1. The summed E-state index contributed by atoms with van der Waals surface area (Å²) >= 11 is 5.34. The molecule has 2 aromatic rings. The molecule has 16 heteroatoms. The molecule has 1 fully saturated rings. The molecule has 180 valence electrons. The molecule has 0 bridgehead atoms. The maximum atomic E-state index is 12.9. The van der Waals surface area contributed by atoms with E-state index in [2.05, 4.69) is 26.0 Å². The fourth-order valence-corrected chi connectivity index (χ4v) is 7.14. The van der Waals surface area contributed by atoms with Gasteiger partial charge in [0.25, 0.3) is 11.8 Å². The van der Waals surface area contributed by atoms with E-state index in [-0.39, 0.29) is 11.4 Å². The molecule has 0 saturated carbocycles. The van der Waals surface area contributed by atoms with Crippen LogP contribution in [0.5, 0.6) is 0 Å². The number of β-lactam (4-membered cyclic amide) rings is 1. The van der Waals surface area contributed by atoms with Gasteiger partial charge in [-0.1, -0.05) is 28.3 Å². The van der Waals surface area contributed by atoms with E-state index >= 15 is 0 Å². The molecule has 0 aliphatic carbocycles. The quantitative estimate of drug-likeness (QED) is 0.155. The molecule has 34 heavy (non-hydrogen) atoms. The van der Waals surface area contributed by atoms with Crippen molar-refractivity contribution in [2.45, 2.75) is 15.8 Å². The van der Waals surface area contributed by atoms with E-state index in [1.807, 2.05) is 0 Å². The molecule has 2 amide bonds. The van der Waals surface area contributed by atoms with Gasteiger partial charge in [-0.05, 0) is 11.6 Å². The van der Waals surface area contributed by atoms with Crippen molar-refractivity contribution < 1.29 is 24.3 Å². The number of hydrogen-bond donors (Lipinski definition) is 4. The largest absolute Gasteiger partial charge is 0.477 e. The summed E-state index contributed by atoms with van der Waals surface area (Å²) in [5.41, 5.74) is 6.73. The minimum atomic E-state index is -1.19. The molecular formula is C18H19N7O5S4. The zero-order chi connectivity index (χ0) is 24.4. The summed E-state index contributed by atoms with van der Waals surface area (Å²) in [4.78, 5) is 43.8. The average Bonchev–Trinajstić information content (AvgIpc) is 3.47. The van der Waals surface area contributed by atoms with Gasteiger partial charge in [-0.25, -0.2) is 4.79 Å². The Morgan fingerprint density at radius 2 is 2.24 bits per heavy atom. The lowest BCUT2D eigenvalue weighted by Gasteiger charge is -2.49. The van der Waals surface area contributed by atoms with Gasteiger partial charge in [0.1, 0.15) is 24.2 Å². The normalized spacial score (nSPS) is 20.0. The van der Waals surface area contributed by atoms with Crippen molar-refractivity contribution in [2.75, 3.05) is 36.7 Å². The summed E-state index contributed by atoms with van der Waals surface area (Å²) < 4.78 is 0.688. The van der Waals surface area contributed by atoms with E-state index in [9.17, 15) is 19.5 Å². The van der Waals surface area contributed by atoms with Crippen LogP contribution in [0.4, 0.5) is 10.1 Å². The van der Waals surface area contributed by atoms with E-state index in [4.69, 9.17) is 10.6 Å². The highest BCUT2D eigenvalue weighted by Gasteiger charge is 2.54. The molecule has 12 nitrogen and oxygen atoms in total. The highest BCUT2D eigenvalue weighted by atomic mass is 32.2. The molecular weight excluding hydrogens is 523 g/mol. The topological polar surface area (TPSA) is 172 Å². The van der Waals surface area contributed by atoms with Gasteiger partial charge in [-0.3, -0.25) is 14.5 Å². The number of oxime groups is 1. The third-order valence-electron chi connectivity index (χ3n) is 4.82. The lowest BCUT2D eigenvalue weighted by molar-refractivity contribution is -0.150. The minimum absolute atomic E-state index is 0.0217. The third kappa shape index (κ3) is 4.70. The van der Waals surface area contributed by atoms with Crippen LogP contribution in [-0.4, -0.2) is 80.8 Å².